The van der Waals surface area contributed by atoms with E-state index in [1.807, 2.05) is 6.92 Å². The number of rotatable bonds is 7. The Labute approximate surface area is 98.1 Å². The highest BCUT2D eigenvalue weighted by Gasteiger charge is 2.18. The monoisotopic (exact) mass is 228 g/mol. The van der Waals surface area contributed by atoms with Crippen molar-refractivity contribution in [1.29, 1.82) is 0 Å². The van der Waals surface area contributed by atoms with E-state index in [2.05, 4.69) is 17.6 Å². The first-order valence-electron chi connectivity index (χ1n) is 6.36. The highest BCUT2D eigenvalue weighted by Crippen LogP contribution is 2.10. The topological polar surface area (TPSA) is 50.4 Å². The van der Waals surface area contributed by atoms with E-state index in [4.69, 9.17) is 4.74 Å². The first kappa shape index (κ1) is 13.5. The Morgan fingerprint density at radius 2 is 2.38 bits per heavy atom. The molecule has 1 rings (SSSR count). The molecule has 2 atom stereocenters. The second-order valence-electron chi connectivity index (χ2n) is 4.41. The zero-order chi connectivity index (χ0) is 11.8. The molecule has 4 nitrogen and oxygen atoms in total. The van der Waals surface area contributed by atoms with Gasteiger partial charge in [0, 0.05) is 19.7 Å². The summed E-state index contributed by atoms with van der Waals surface area (Å²) in [7, 11) is 0. The average Bonchev–Trinajstić information content (AvgIpc) is 2.79. The van der Waals surface area contributed by atoms with E-state index in [9.17, 15) is 4.79 Å². The van der Waals surface area contributed by atoms with Gasteiger partial charge in [0.25, 0.3) is 0 Å². The second-order valence-corrected chi connectivity index (χ2v) is 4.41. The summed E-state index contributed by atoms with van der Waals surface area (Å²) in [5.74, 6) is 0.0893. The summed E-state index contributed by atoms with van der Waals surface area (Å²) < 4.78 is 5.49. The minimum Gasteiger partial charge on any atom is -0.377 e. The lowest BCUT2D eigenvalue weighted by molar-refractivity contribution is -0.122. The van der Waals surface area contributed by atoms with Crippen LogP contribution in [0, 0.1) is 0 Å². The number of carbonyl (C=O) groups excluding carboxylic acids is 1. The van der Waals surface area contributed by atoms with Crippen molar-refractivity contribution in [1.82, 2.24) is 10.6 Å². The molecule has 0 bridgehead atoms. The van der Waals surface area contributed by atoms with Crippen LogP contribution in [0.4, 0.5) is 0 Å². The predicted octanol–water partition coefficient (Wildman–Crippen LogP) is 1.06. The molecular weight excluding hydrogens is 204 g/mol. The maximum Gasteiger partial charge on any atom is 0.236 e. The molecule has 1 amide bonds. The van der Waals surface area contributed by atoms with Gasteiger partial charge in [-0.15, -0.1) is 0 Å². The highest BCUT2D eigenvalue weighted by atomic mass is 16.5. The van der Waals surface area contributed by atoms with Crippen LogP contribution < -0.4 is 10.6 Å². The Hall–Kier alpha value is -0.610. The number of carbonyl (C=O) groups is 1. The number of hydrogen-bond acceptors (Lipinski definition) is 3. The van der Waals surface area contributed by atoms with Gasteiger partial charge in [-0.3, -0.25) is 4.79 Å². The van der Waals surface area contributed by atoms with Crippen molar-refractivity contribution < 1.29 is 9.53 Å². The van der Waals surface area contributed by atoms with Crippen LogP contribution in [-0.4, -0.2) is 37.7 Å². The maximum atomic E-state index is 11.6. The quantitative estimate of drug-likeness (QED) is 0.641. The molecule has 1 aliphatic rings. The standard InChI is InChI=1S/C12H24N2O2/c1-3-4-7-13-12(15)10(2)14-9-11-6-5-8-16-11/h10-11,14H,3-9H2,1-2H3,(H,13,15). The van der Waals surface area contributed by atoms with Gasteiger partial charge >= 0.3 is 0 Å². The van der Waals surface area contributed by atoms with Crippen LogP contribution in [0.1, 0.15) is 39.5 Å². The third kappa shape index (κ3) is 4.94. The van der Waals surface area contributed by atoms with E-state index >= 15 is 0 Å². The fraction of sp³-hybridized carbons (Fsp3) is 0.917. The van der Waals surface area contributed by atoms with Gasteiger partial charge in [0.2, 0.25) is 5.91 Å². The molecule has 2 N–H and O–H groups in total. The van der Waals surface area contributed by atoms with Gasteiger partial charge in [-0.05, 0) is 26.2 Å². The molecule has 94 valence electrons. The van der Waals surface area contributed by atoms with Crippen molar-refractivity contribution in [3.63, 3.8) is 0 Å². The summed E-state index contributed by atoms with van der Waals surface area (Å²) in [5, 5.41) is 6.13. The third-order valence-corrected chi connectivity index (χ3v) is 2.90. The minimum absolute atomic E-state index is 0.0893. The van der Waals surface area contributed by atoms with Crippen LogP contribution in [0.3, 0.4) is 0 Å². The van der Waals surface area contributed by atoms with Crippen molar-refractivity contribution in [3.05, 3.63) is 0 Å². The van der Waals surface area contributed by atoms with Crippen molar-refractivity contribution in [2.75, 3.05) is 19.7 Å². The van der Waals surface area contributed by atoms with Gasteiger partial charge in [0.1, 0.15) is 0 Å². The fourth-order valence-electron chi connectivity index (χ4n) is 1.75. The molecule has 0 spiro atoms. The predicted molar refractivity (Wildman–Crippen MR) is 64.4 cm³/mol. The summed E-state index contributed by atoms with van der Waals surface area (Å²) in [6.07, 6.45) is 4.70. The number of nitrogens with one attached hydrogen (secondary N) is 2. The molecule has 0 saturated carbocycles. The lowest BCUT2D eigenvalue weighted by Crippen LogP contribution is -2.44. The Bertz CT molecular complexity index is 203. The number of unbranched alkanes of at least 4 members (excludes halogenated alkanes) is 1. The van der Waals surface area contributed by atoms with E-state index in [1.54, 1.807) is 0 Å². The molecule has 16 heavy (non-hydrogen) atoms. The maximum absolute atomic E-state index is 11.6. The number of amides is 1. The molecule has 0 aromatic heterocycles. The molecule has 1 heterocycles. The van der Waals surface area contributed by atoms with Crippen molar-refractivity contribution in [3.8, 4) is 0 Å². The Morgan fingerprint density at radius 3 is 3.00 bits per heavy atom. The smallest absolute Gasteiger partial charge is 0.236 e. The lowest BCUT2D eigenvalue weighted by Gasteiger charge is -2.16. The van der Waals surface area contributed by atoms with E-state index in [-0.39, 0.29) is 11.9 Å². The normalized spacial score (nSPS) is 22.0. The number of hydrogen-bond donors (Lipinski definition) is 2. The SMILES string of the molecule is CCCCNC(=O)C(C)NCC1CCCO1. The van der Waals surface area contributed by atoms with Crippen LogP contribution in [0.5, 0.6) is 0 Å². The summed E-state index contributed by atoms with van der Waals surface area (Å²) in [6, 6.07) is -0.124. The Kier molecular flexibility index (Phi) is 6.42. The van der Waals surface area contributed by atoms with Crippen molar-refractivity contribution >= 4 is 5.91 Å². The van der Waals surface area contributed by atoms with Crippen molar-refractivity contribution in [2.24, 2.45) is 0 Å². The van der Waals surface area contributed by atoms with Crippen LogP contribution in [0.25, 0.3) is 0 Å². The van der Waals surface area contributed by atoms with Crippen LogP contribution >= 0.6 is 0 Å². The van der Waals surface area contributed by atoms with Crippen LogP contribution in [0.15, 0.2) is 0 Å². The highest BCUT2D eigenvalue weighted by molar-refractivity contribution is 5.81. The summed E-state index contributed by atoms with van der Waals surface area (Å²) >= 11 is 0. The van der Waals surface area contributed by atoms with Gasteiger partial charge in [-0.1, -0.05) is 13.3 Å². The van der Waals surface area contributed by atoms with E-state index < -0.39 is 0 Å². The molecule has 4 heteroatoms. The van der Waals surface area contributed by atoms with E-state index in [1.165, 1.54) is 0 Å². The minimum atomic E-state index is -0.124. The molecule has 2 unspecified atom stereocenters. The number of ether oxygens (including phenoxy) is 1. The molecule has 0 radical (unpaired) electrons. The molecule has 0 aromatic carbocycles. The molecule has 0 aromatic rings. The third-order valence-electron chi connectivity index (χ3n) is 2.90. The first-order valence-corrected chi connectivity index (χ1v) is 6.36. The van der Waals surface area contributed by atoms with E-state index in [0.29, 0.717) is 6.10 Å². The summed E-state index contributed by atoms with van der Waals surface area (Å²) in [4.78, 5) is 11.6. The van der Waals surface area contributed by atoms with Gasteiger partial charge in [0.05, 0.1) is 12.1 Å². The molecule has 0 aliphatic carbocycles. The summed E-state index contributed by atoms with van der Waals surface area (Å²) in [6.45, 7) is 6.44. The first-order chi connectivity index (χ1) is 7.74. The lowest BCUT2D eigenvalue weighted by atomic mass is 10.2. The van der Waals surface area contributed by atoms with Crippen LogP contribution in [0.2, 0.25) is 0 Å². The Balaban J connectivity index is 2.07. The van der Waals surface area contributed by atoms with Gasteiger partial charge < -0.3 is 15.4 Å². The summed E-state index contributed by atoms with van der Waals surface area (Å²) in [5.41, 5.74) is 0. The molecule has 1 saturated heterocycles. The van der Waals surface area contributed by atoms with Gasteiger partial charge in [0.15, 0.2) is 0 Å². The van der Waals surface area contributed by atoms with Gasteiger partial charge in [-0.2, -0.15) is 0 Å². The average molecular weight is 228 g/mol. The van der Waals surface area contributed by atoms with Crippen LogP contribution in [-0.2, 0) is 9.53 Å². The van der Waals surface area contributed by atoms with E-state index in [0.717, 1.165) is 45.4 Å². The molecule has 1 aliphatic heterocycles. The Morgan fingerprint density at radius 1 is 1.56 bits per heavy atom. The van der Waals surface area contributed by atoms with Crippen molar-refractivity contribution in [2.45, 2.75) is 51.7 Å². The zero-order valence-corrected chi connectivity index (χ0v) is 10.4. The largest absolute Gasteiger partial charge is 0.377 e. The zero-order valence-electron chi connectivity index (χ0n) is 10.4. The molecule has 1 fully saturated rings. The second kappa shape index (κ2) is 7.63. The fourth-order valence-corrected chi connectivity index (χ4v) is 1.75. The van der Waals surface area contributed by atoms with Gasteiger partial charge in [-0.25, -0.2) is 0 Å². The molecular formula is C12H24N2O2.